The fraction of sp³-hybridized carbons (Fsp3) is 0.474. The van der Waals surface area contributed by atoms with Crippen LogP contribution in [0.3, 0.4) is 0 Å². The summed E-state index contributed by atoms with van der Waals surface area (Å²) in [7, 11) is 1.75. The van der Waals surface area contributed by atoms with Gasteiger partial charge < -0.3 is 9.64 Å². The Morgan fingerprint density at radius 3 is 2.54 bits per heavy atom. The van der Waals surface area contributed by atoms with E-state index in [-0.39, 0.29) is 24.0 Å². The number of hydrogen-bond acceptors (Lipinski definition) is 3. The maximum atomic E-state index is 12.7. The summed E-state index contributed by atoms with van der Waals surface area (Å²) in [5.41, 5.74) is 0.982. The predicted molar refractivity (Wildman–Crippen MR) is 91.3 cm³/mol. The summed E-state index contributed by atoms with van der Waals surface area (Å²) >= 11 is 0. The first-order chi connectivity index (χ1) is 11.6. The van der Waals surface area contributed by atoms with Gasteiger partial charge in [0.25, 0.3) is 5.91 Å². The lowest BCUT2D eigenvalue weighted by Crippen LogP contribution is -2.35. The van der Waals surface area contributed by atoms with Crippen LogP contribution in [0.25, 0.3) is 0 Å². The van der Waals surface area contributed by atoms with Crippen LogP contribution < -0.4 is 0 Å². The third-order valence-electron chi connectivity index (χ3n) is 5.01. The summed E-state index contributed by atoms with van der Waals surface area (Å²) in [5, 5.41) is 0. The molecule has 2 aliphatic heterocycles. The number of carbonyl (C=O) groups is 2. The van der Waals surface area contributed by atoms with Gasteiger partial charge in [-0.2, -0.15) is 0 Å². The number of ether oxygens (including phenoxy) is 1. The summed E-state index contributed by atoms with van der Waals surface area (Å²) in [6.07, 6.45) is 5.35. The van der Waals surface area contributed by atoms with Gasteiger partial charge in [0.05, 0.1) is 12.1 Å². The quantitative estimate of drug-likeness (QED) is 0.802. The molecule has 0 N–H and O–H groups in total. The van der Waals surface area contributed by atoms with Crippen LogP contribution in [0.1, 0.15) is 31.4 Å². The Labute approximate surface area is 142 Å². The smallest absolute Gasteiger partial charge is 0.327 e. The molecule has 5 nitrogen and oxygen atoms in total. The number of imide groups is 1. The molecule has 3 amide bonds. The van der Waals surface area contributed by atoms with Gasteiger partial charge in [-0.1, -0.05) is 36.4 Å². The van der Waals surface area contributed by atoms with Gasteiger partial charge >= 0.3 is 6.03 Å². The molecule has 2 fully saturated rings. The van der Waals surface area contributed by atoms with Crippen LogP contribution in [-0.4, -0.2) is 48.0 Å². The summed E-state index contributed by atoms with van der Waals surface area (Å²) in [4.78, 5) is 28.3. The first-order valence-corrected chi connectivity index (χ1v) is 8.50. The van der Waals surface area contributed by atoms with Crippen LogP contribution in [0.5, 0.6) is 0 Å². The van der Waals surface area contributed by atoms with Crippen molar-refractivity contribution in [1.82, 2.24) is 9.80 Å². The van der Waals surface area contributed by atoms with Crippen LogP contribution in [-0.2, 0) is 9.53 Å². The second kappa shape index (κ2) is 7.18. The second-order valence-corrected chi connectivity index (χ2v) is 6.51. The summed E-state index contributed by atoms with van der Waals surface area (Å²) in [5.74, 6) is 0.113. The van der Waals surface area contributed by atoms with Crippen LogP contribution >= 0.6 is 0 Å². The van der Waals surface area contributed by atoms with Crippen molar-refractivity contribution in [3.8, 4) is 0 Å². The van der Waals surface area contributed by atoms with Crippen LogP contribution in [0.2, 0.25) is 0 Å². The number of carbonyl (C=O) groups excluding carboxylic acids is 2. The van der Waals surface area contributed by atoms with Crippen molar-refractivity contribution in [2.75, 3.05) is 20.3 Å². The normalized spacial score (nSPS) is 25.7. The third kappa shape index (κ3) is 3.22. The van der Waals surface area contributed by atoms with Gasteiger partial charge in [0, 0.05) is 20.3 Å². The van der Waals surface area contributed by atoms with Crippen molar-refractivity contribution in [2.24, 2.45) is 5.92 Å². The molecule has 0 bridgehead atoms. The van der Waals surface area contributed by atoms with Crippen LogP contribution in [0.4, 0.5) is 4.79 Å². The van der Waals surface area contributed by atoms with Crippen molar-refractivity contribution in [3.05, 3.63) is 48.0 Å². The molecule has 0 radical (unpaired) electrons. The fourth-order valence-corrected chi connectivity index (χ4v) is 3.41. The number of allylic oxidation sites excluding steroid dienone is 1. The highest BCUT2D eigenvalue weighted by Crippen LogP contribution is 2.34. The Morgan fingerprint density at radius 1 is 1.21 bits per heavy atom. The highest BCUT2D eigenvalue weighted by molar-refractivity contribution is 6.02. The highest BCUT2D eigenvalue weighted by atomic mass is 16.5. The molecular formula is C19H24N2O3. The molecular weight excluding hydrogens is 304 g/mol. The number of hydrogen-bond donors (Lipinski definition) is 0. The molecule has 5 heteroatoms. The average Bonchev–Trinajstić information content (AvgIpc) is 2.85. The summed E-state index contributed by atoms with van der Waals surface area (Å²) in [6, 6.07) is 9.20. The number of benzene rings is 1. The van der Waals surface area contributed by atoms with Crippen molar-refractivity contribution < 1.29 is 14.3 Å². The topological polar surface area (TPSA) is 49.9 Å². The van der Waals surface area contributed by atoms with Crippen LogP contribution in [0, 0.1) is 5.92 Å². The zero-order chi connectivity index (χ0) is 17.1. The van der Waals surface area contributed by atoms with E-state index in [1.54, 1.807) is 18.0 Å². The third-order valence-corrected chi connectivity index (χ3v) is 5.01. The number of likely N-dealkylation sites (N-methyl/N-ethyl adjacent to an activating group) is 1. The van der Waals surface area contributed by atoms with Gasteiger partial charge in [0.1, 0.15) is 0 Å². The molecule has 0 aliphatic carbocycles. The van der Waals surface area contributed by atoms with E-state index in [9.17, 15) is 9.59 Å². The van der Waals surface area contributed by atoms with Gasteiger partial charge in [-0.3, -0.25) is 9.69 Å². The fourth-order valence-electron chi connectivity index (χ4n) is 3.41. The molecule has 3 rings (SSSR count). The molecule has 24 heavy (non-hydrogen) atoms. The van der Waals surface area contributed by atoms with Crippen molar-refractivity contribution in [1.29, 1.82) is 0 Å². The molecule has 128 valence electrons. The van der Waals surface area contributed by atoms with Gasteiger partial charge in [0.15, 0.2) is 0 Å². The van der Waals surface area contributed by atoms with Gasteiger partial charge in [-0.15, -0.1) is 0 Å². The van der Waals surface area contributed by atoms with E-state index >= 15 is 0 Å². The van der Waals surface area contributed by atoms with E-state index in [0.717, 1.165) is 31.6 Å². The molecule has 2 aliphatic rings. The molecule has 1 aromatic rings. The molecule has 2 heterocycles. The molecule has 2 saturated heterocycles. The average molecular weight is 328 g/mol. The Hall–Kier alpha value is -2.14. The van der Waals surface area contributed by atoms with Crippen molar-refractivity contribution >= 4 is 11.9 Å². The SMILES string of the molecule is C[C@H]1[C@@H](c2ccccc2)N(C(=O)C=CC2CCOCC2)C(=O)N1C. The monoisotopic (exact) mass is 328 g/mol. The van der Waals surface area contributed by atoms with Crippen molar-refractivity contribution in [2.45, 2.75) is 31.8 Å². The van der Waals surface area contributed by atoms with Gasteiger partial charge in [-0.25, -0.2) is 4.79 Å². The molecule has 0 aromatic heterocycles. The van der Waals surface area contributed by atoms with E-state index < -0.39 is 0 Å². The number of urea groups is 1. The molecule has 1 aromatic carbocycles. The highest BCUT2D eigenvalue weighted by Gasteiger charge is 2.44. The Balaban J connectivity index is 1.81. The van der Waals surface area contributed by atoms with Gasteiger partial charge in [0.2, 0.25) is 0 Å². The van der Waals surface area contributed by atoms with E-state index in [1.165, 1.54) is 4.90 Å². The number of nitrogens with zero attached hydrogens (tertiary/aromatic N) is 2. The molecule has 0 unspecified atom stereocenters. The minimum Gasteiger partial charge on any atom is -0.381 e. The van der Waals surface area contributed by atoms with E-state index in [4.69, 9.17) is 4.74 Å². The molecule has 0 saturated carbocycles. The minimum absolute atomic E-state index is 0.0552. The van der Waals surface area contributed by atoms with Crippen molar-refractivity contribution in [3.63, 3.8) is 0 Å². The Kier molecular flexibility index (Phi) is 5.00. The summed E-state index contributed by atoms with van der Waals surface area (Å²) in [6.45, 7) is 3.45. The zero-order valence-corrected chi connectivity index (χ0v) is 14.2. The molecule has 0 spiro atoms. The van der Waals surface area contributed by atoms with E-state index in [0.29, 0.717) is 5.92 Å². The first kappa shape index (κ1) is 16.7. The maximum absolute atomic E-state index is 12.7. The molecule has 2 atom stereocenters. The standard InChI is InChI=1S/C19H24N2O3/c1-14-18(16-6-4-3-5-7-16)21(19(23)20(14)2)17(22)9-8-15-10-12-24-13-11-15/h3-9,14-15,18H,10-13H2,1-2H3/t14-,18-/m0/s1. The lowest BCUT2D eigenvalue weighted by atomic mass is 9.99. The number of amides is 3. The predicted octanol–water partition coefficient (Wildman–Crippen LogP) is 2.99. The van der Waals surface area contributed by atoms with Gasteiger partial charge in [-0.05, 0) is 37.3 Å². The lowest BCUT2D eigenvalue weighted by Gasteiger charge is -2.23. The Morgan fingerprint density at radius 2 is 1.88 bits per heavy atom. The Bertz CT molecular complexity index is 623. The lowest BCUT2D eigenvalue weighted by molar-refractivity contribution is -0.124. The number of rotatable bonds is 3. The van der Waals surface area contributed by atoms with Crippen LogP contribution in [0.15, 0.2) is 42.5 Å². The maximum Gasteiger partial charge on any atom is 0.327 e. The first-order valence-electron chi connectivity index (χ1n) is 8.50. The van der Waals surface area contributed by atoms with E-state index in [1.807, 2.05) is 43.3 Å². The largest absolute Gasteiger partial charge is 0.381 e. The van der Waals surface area contributed by atoms with E-state index in [2.05, 4.69) is 0 Å². The summed E-state index contributed by atoms with van der Waals surface area (Å²) < 4.78 is 5.34. The second-order valence-electron chi connectivity index (χ2n) is 6.51. The zero-order valence-electron chi connectivity index (χ0n) is 14.2. The minimum atomic E-state index is -0.254.